The van der Waals surface area contributed by atoms with Gasteiger partial charge in [0.1, 0.15) is 21.3 Å². The lowest BCUT2D eigenvalue weighted by Gasteiger charge is -2.09. The average molecular weight is 483 g/mol. The van der Waals surface area contributed by atoms with Gasteiger partial charge in [0.2, 0.25) is 0 Å². The molecular formula is C18H19ClN6O4S2. The molecular weight excluding hydrogens is 464 g/mol. The smallest absolute Gasteiger partial charge is 0.271 e. The van der Waals surface area contributed by atoms with Gasteiger partial charge in [0.15, 0.2) is 11.4 Å². The maximum absolute atomic E-state index is 12.8. The van der Waals surface area contributed by atoms with Crippen LogP contribution in [0.25, 0.3) is 0 Å². The average Bonchev–Trinajstić information content (AvgIpc) is 3.26. The monoisotopic (exact) mass is 482 g/mol. The molecule has 0 bridgehead atoms. The first-order chi connectivity index (χ1) is 14.7. The van der Waals surface area contributed by atoms with Gasteiger partial charge in [-0.3, -0.25) is 14.0 Å². The molecule has 10 nitrogen and oxygen atoms in total. The number of hydrogen-bond donors (Lipinski definition) is 6. The number of amides is 1. The van der Waals surface area contributed by atoms with Crippen molar-refractivity contribution >= 4 is 62.0 Å². The number of amidine groups is 1. The molecule has 0 spiro atoms. The third-order valence-corrected chi connectivity index (χ3v) is 6.28. The Hall–Kier alpha value is -2.77. The van der Waals surface area contributed by atoms with Crippen LogP contribution < -0.4 is 21.9 Å². The van der Waals surface area contributed by atoms with E-state index in [1.165, 1.54) is 0 Å². The number of carbonyl (C=O) groups excluding carboxylic acids is 1. The molecule has 0 fully saturated rings. The van der Waals surface area contributed by atoms with E-state index in [2.05, 4.69) is 25.0 Å². The first-order valence-electron chi connectivity index (χ1n) is 8.86. The summed E-state index contributed by atoms with van der Waals surface area (Å²) < 4.78 is 2.52. The van der Waals surface area contributed by atoms with Crippen LogP contribution in [0.2, 0.25) is 5.02 Å². The van der Waals surface area contributed by atoms with Crippen LogP contribution in [0, 0.1) is 13.8 Å². The zero-order valence-electron chi connectivity index (χ0n) is 16.4. The van der Waals surface area contributed by atoms with Gasteiger partial charge in [-0.1, -0.05) is 35.1 Å². The third-order valence-electron chi connectivity index (χ3n) is 4.09. The number of aryl methyl sites for hydroxylation is 2. The predicted molar refractivity (Wildman–Crippen MR) is 123 cm³/mol. The fourth-order valence-corrected chi connectivity index (χ4v) is 4.55. The number of hydrogen-bond acceptors (Lipinski definition) is 9. The van der Waals surface area contributed by atoms with E-state index in [0.717, 1.165) is 28.4 Å². The Bertz CT molecular complexity index is 1180. The molecule has 1 aromatic carbocycles. The summed E-state index contributed by atoms with van der Waals surface area (Å²) in [5.74, 6) is -0.610. The Kier molecular flexibility index (Phi) is 7.08. The lowest BCUT2D eigenvalue weighted by atomic mass is 10.2. The van der Waals surface area contributed by atoms with Crippen molar-refractivity contribution in [3.05, 3.63) is 55.3 Å². The minimum absolute atomic E-state index is 0.00282. The Balaban J connectivity index is 1.85. The van der Waals surface area contributed by atoms with Gasteiger partial charge < -0.3 is 26.6 Å². The zero-order chi connectivity index (χ0) is 22.7. The number of aromatic nitrogens is 2. The first-order valence-corrected chi connectivity index (χ1v) is 10.9. The molecule has 2 heterocycles. The summed E-state index contributed by atoms with van der Waals surface area (Å²) in [7, 11) is 0. The van der Waals surface area contributed by atoms with Crippen LogP contribution in [-0.4, -0.2) is 44.1 Å². The fourth-order valence-electron chi connectivity index (χ4n) is 2.61. The van der Waals surface area contributed by atoms with Gasteiger partial charge in [-0.15, -0.1) is 0 Å². The Morgan fingerprint density at radius 2 is 2.16 bits per heavy atom. The van der Waals surface area contributed by atoms with Crippen LogP contribution >= 0.6 is 34.5 Å². The van der Waals surface area contributed by atoms with Crippen molar-refractivity contribution in [3.8, 4) is 0 Å². The first kappa shape index (κ1) is 22.9. The predicted octanol–water partition coefficient (Wildman–Crippen LogP) is 2.18. The molecule has 0 aliphatic heterocycles. The van der Waals surface area contributed by atoms with E-state index in [1.54, 1.807) is 19.1 Å². The maximum Gasteiger partial charge on any atom is 0.271 e. The second-order valence-corrected chi connectivity index (χ2v) is 8.58. The molecule has 31 heavy (non-hydrogen) atoms. The highest BCUT2D eigenvalue weighted by Gasteiger charge is 2.20. The molecule has 7 N–H and O–H groups in total. The van der Waals surface area contributed by atoms with E-state index in [4.69, 9.17) is 22.4 Å². The molecule has 1 unspecified atom stereocenters. The normalized spacial score (nSPS) is 12.6. The Morgan fingerprint density at radius 1 is 1.42 bits per heavy atom. The summed E-state index contributed by atoms with van der Waals surface area (Å²) in [6, 6.07) is 5.32. The van der Waals surface area contributed by atoms with E-state index in [0.29, 0.717) is 31.4 Å². The van der Waals surface area contributed by atoms with Gasteiger partial charge in [0.25, 0.3) is 11.5 Å². The number of aliphatic hydroxyl groups is 2. The summed E-state index contributed by atoms with van der Waals surface area (Å²) >= 11 is 8.23. The van der Waals surface area contributed by atoms with Crippen LogP contribution in [0.5, 0.6) is 0 Å². The fraction of sp³-hybridized carbons (Fsp3) is 0.222. The number of carbonyl (C=O) groups is 1. The van der Waals surface area contributed by atoms with Crippen molar-refractivity contribution in [3.63, 3.8) is 0 Å². The number of para-hydroxylation sites is 1. The maximum atomic E-state index is 12.8. The molecule has 0 radical (unpaired) electrons. The molecule has 2 aromatic heterocycles. The molecule has 3 aromatic rings. The molecule has 3 rings (SSSR count). The second kappa shape index (κ2) is 9.58. The minimum atomic E-state index is -1.45. The van der Waals surface area contributed by atoms with E-state index < -0.39 is 18.4 Å². The summed E-state index contributed by atoms with van der Waals surface area (Å²) in [5.41, 5.74) is 7.12. The quantitative estimate of drug-likeness (QED) is 0.222. The van der Waals surface area contributed by atoms with Crippen LogP contribution in [0.4, 0.5) is 15.8 Å². The lowest BCUT2D eigenvalue weighted by molar-refractivity contribution is 0.102. The van der Waals surface area contributed by atoms with Gasteiger partial charge in [-0.05, 0) is 37.0 Å². The molecule has 0 saturated heterocycles. The number of nitrogens with two attached hydrogens (primary N) is 1. The molecule has 1 amide bonds. The second-order valence-electron chi connectivity index (χ2n) is 6.36. The molecule has 0 aliphatic rings. The summed E-state index contributed by atoms with van der Waals surface area (Å²) in [5, 5.41) is 25.2. The van der Waals surface area contributed by atoms with Crippen LogP contribution in [0.15, 0.2) is 28.0 Å². The number of benzene rings is 1. The molecule has 0 saturated carbocycles. The summed E-state index contributed by atoms with van der Waals surface area (Å²) in [6.45, 7) is 2.88. The van der Waals surface area contributed by atoms with E-state index in [1.807, 2.05) is 13.0 Å². The SMILES string of the molecule is Cc1cccc(Cl)c1NC(=O)c1sc(Nc2s[nH]c(=O)c2C(N)=NC(O)CO)nc1C. The van der Waals surface area contributed by atoms with Crippen LogP contribution in [0.1, 0.15) is 26.5 Å². The Morgan fingerprint density at radius 3 is 2.84 bits per heavy atom. The highest BCUT2D eigenvalue weighted by atomic mass is 35.5. The number of aromatic amines is 1. The zero-order valence-corrected chi connectivity index (χ0v) is 18.8. The number of H-pyrrole nitrogens is 1. The number of anilines is 3. The van der Waals surface area contributed by atoms with Crippen molar-refractivity contribution in [2.45, 2.75) is 20.1 Å². The molecule has 13 heteroatoms. The van der Waals surface area contributed by atoms with Crippen molar-refractivity contribution in [1.29, 1.82) is 0 Å². The van der Waals surface area contributed by atoms with Crippen LogP contribution in [0.3, 0.4) is 0 Å². The van der Waals surface area contributed by atoms with E-state index in [9.17, 15) is 14.7 Å². The van der Waals surface area contributed by atoms with Gasteiger partial charge in [-0.25, -0.2) is 9.98 Å². The highest BCUT2D eigenvalue weighted by Crippen LogP contribution is 2.31. The number of nitrogens with one attached hydrogen (secondary N) is 3. The lowest BCUT2D eigenvalue weighted by Crippen LogP contribution is -2.25. The third kappa shape index (κ3) is 5.11. The Labute approximate surface area is 189 Å². The largest absolute Gasteiger partial charge is 0.392 e. The van der Waals surface area contributed by atoms with Gasteiger partial charge in [0, 0.05) is 0 Å². The number of aliphatic imine (C=N–C) groups is 1. The number of halogens is 1. The van der Waals surface area contributed by atoms with Crippen molar-refractivity contribution < 1.29 is 15.0 Å². The van der Waals surface area contributed by atoms with Gasteiger partial charge in [-0.2, -0.15) is 0 Å². The standard InChI is InChI=1S/C18H19ClN6O4S2/c1-7-4-3-5-9(19)12(7)23-16(29)13-8(2)21-18(30-13)24-17-11(15(28)25-31-17)14(20)22-10(27)6-26/h3-5,10,26-27H,6H2,1-2H3,(H2,20,22)(H,21,24)(H,23,29)(H,25,28). The number of aliphatic hydroxyl groups excluding tert-OH is 2. The van der Waals surface area contributed by atoms with E-state index in [-0.39, 0.29) is 17.3 Å². The number of thiazole rings is 1. The highest BCUT2D eigenvalue weighted by molar-refractivity contribution is 7.18. The van der Waals surface area contributed by atoms with Crippen molar-refractivity contribution in [2.24, 2.45) is 10.7 Å². The summed E-state index contributed by atoms with van der Waals surface area (Å²) in [6.07, 6.45) is -1.45. The molecule has 0 aliphatic carbocycles. The van der Waals surface area contributed by atoms with Crippen molar-refractivity contribution in [2.75, 3.05) is 17.2 Å². The van der Waals surface area contributed by atoms with Gasteiger partial charge in [0.05, 0.1) is 23.0 Å². The molecule has 1 atom stereocenters. The van der Waals surface area contributed by atoms with Gasteiger partial charge >= 0.3 is 0 Å². The molecule has 164 valence electrons. The number of rotatable bonds is 7. The van der Waals surface area contributed by atoms with E-state index >= 15 is 0 Å². The van der Waals surface area contributed by atoms with Crippen LogP contribution in [-0.2, 0) is 0 Å². The number of nitrogens with zero attached hydrogens (tertiary/aromatic N) is 2. The minimum Gasteiger partial charge on any atom is -0.392 e. The topological polar surface area (TPSA) is 166 Å². The summed E-state index contributed by atoms with van der Waals surface area (Å²) in [4.78, 5) is 33.2. The van der Waals surface area contributed by atoms with Crippen molar-refractivity contribution in [1.82, 2.24) is 9.36 Å².